The van der Waals surface area contributed by atoms with Gasteiger partial charge in [0.1, 0.15) is 0 Å². The summed E-state index contributed by atoms with van der Waals surface area (Å²) in [7, 11) is 0. The van der Waals surface area contributed by atoms with Crippen molar-refractivity contribution >= 4 is 55.7 Å². The molecule has 0 aliphatic carbocycles. The minimum atomic E-state index is 0.865. The third-order valence-corrected chi connectivity index (χ3v) is 10.6. The first-order valence-corrected chi connectivity index (χ1v) is 18.3. The molecule has 0 aromatic heterocycles. The Bertz CT molecular complexity index is 2750. The minimum Gasteiger partial charge on any atom is -0.310 e. The normalized spacial score (nSPS) is 12.0. The molecule has 2 heteroatoms. The molecular formula is C51H36N2. The van der Waals surface area contributed by atoms with Gasteiger partial charge in [-0.05, 0) is 116 Å². The summed E-state index contributed by atoms with van der Waals surface area (Å²) in [6.07, 6.45) is 0.865. The number of benzene rings is 9. The molecule has 0 atom stereocenters. The van der Waals surface area contributed by atoms with Crippen LogP contribution in [0.1, 0.15) is 11.1 Å². The van der Waals surface area contributed by atoms with E-state index in [0.717, 1.165) is 23.5 Å². The molecule has 0 fully saturated rings. The molecule has 250 valence electrons. The Morgan fingerprint density at radius 3 is 1.62 bits per heavy atom. The zero-order valence-electron chi connectivity index (χ0n) is 29.2. The summed E-state index contributed by atoms with van der Waals surface area (Å²) in [6, 6.07) is 75.0. The minimum absolute atomic E-state index is 0.865. The first-order chi connectivity index (χ1) is 26.3. The van der Waals surface area contributed by atoms with Gasteiger partial charge in [-0.3, -0.25) is 0 Å². The monoisotopic (exact) mass is 676 g/mol. The molecule has 0 saturated heterocycles. The van der Waals surface area contributed by atoms with Crippen LogP contribution in [0.3, 0.4) is 0 Å². The second kappa shape index (κ2) is 13.0. The van der Waals surface area contributed by atoms with E-state index in [1.807, 2.05) is 0 Å². The lowest BCUT2D eigenvalue weighted by Gasteiger charge is -2.34. The molecule has 0 saturated carbocycles. The molecule has 0 unspecified atom stereocenters. The molecule has 9 aromatic carbocycles. The molecule has 1 aliphatic heterocycles. The quantitative estimate of drug-likeness (QED) is 0.173. The van der Waals surface area contributed by atoms with Crippen LogP contribution in [0, 0.1) is 0 Å². The van der Waals surface area contributed by atoms with Crippen LogP contribution in [0.25, 0.3) is 43.8 Å². The van der Waals surface area contributed by atoms with Gasteiger partial charge in [-0.2, -0.15) is 0 Å². The summed E-state index contributed by atoms with van der Waals surface area (Å²) in [5.41, 5.74) is 14.6. The molecule has 9 aromatic rings. The molecule has 0 N–H and O–H groups in total. The van der Waals surface area contributed by atoms with Crippen molar-refractivity contribution in [1.82, 2.24) is 0 Å². The average molecular weight is 677 g/mol. The molecule has 1 heterocycles. The fourth-order valence-corrected chi connectivity index (χ4v) is 8.02. The fourth-order valence-electron chi connectivity index (χ4n) is 8.02. The van der Waals surface area contributed by atoms with Gasteiger partial charge in [-0.25, -0.2) is 0 Å². The van der Waals surface area contributed by atoms with E-state index in [0.29, 0.717) is 0 Å². The molecule has 1 aliphatic rings. The molecule has 0 spiro atoms. The first-order valence-electron chi connectivity index (χ1n) is 18.3. The first kappa shape index (κ1) is 30.9. The second-order valence-corrected chi connectivity index (χ2v) is 13.8. The van der Waals surface area contributed by atoms with Crippen molar-refractivity contribution in [2.75, 3.05) is 9.80 Å². The Hall–Kier alpha value is -6.90. The summed E-state index contributed by atoms with van der Waals surface area (Å²) in [6.45, 7) is 0. The van der Waals surface area contributed by atoms with Crippen LogP contribution in [0.2, 0.25) is 0 Å². The standard InChI is InChI=1S/C51H36N2/c1-3-12-36(13-4-1)41-25-30-49-43(32-41)34-44-33-42(26-31-50(44)53(49)47-29-24-37-14-7-8-16-40(37)35-47)38-22-27-46(28-23-38)52(45-18-5-2-6-19-45)51-21-11-17-39-15-9-10-20-48(39)51/h1-33,35H,34H2. The van der Waals surface area contributed by atoms with Crippen LogP contribution in [-0.4, -0.2) is 0 Å². The summed E-state index contributed by atoms with van der Waals surface area (Å²) >= 11 is 0. The van der Waals surface area contributed by atoms with Crippen molar-refractivity contribution in [3.05, 3.63) is 217 Å². The molecular weight excluding hydrogens is 641 g/mol. The van der Waals surface area contributed by atoms with Crippen LogP contribution in [0.15, 0.2) is 206 Å². The van der Waals surface area contributed by atoms with Crippen molar-refractivity contribution in [2.45, 2.75) is 6.42 Å². The Kier molecular flexibility index (Phi) is 7.58. The maximum absolute atomic E-state index is 2.45. The van der Waals surface area contributed by atoms with Gasteiger partial charge in [0.05, 0.1) is 5.69 Å². The lowest BCUT2D eigenvalue weighted by Crippen LogP contribution is -2.18. The van der Waals surface area contributed by atoms with E-state index in [2.05, 4.69) is 216 Å². The Morgan fingerprint density at radius 1 is 0.358 bits per heavy atom. The van der Waals surface area contributed by atoms with Crippen LogP contribution in [0.4, 0.5) is 34.1 Å². The molecule has 0 bridgehead atoms. The Balaban J connectivity index is 1.06. The SMILES string of the molecule is c1ccc(-c2ccc3c(c2)Cc2cc(-c4ccc(N(c5ccccc5)c5cccc6ccccc56)cc4)ccc2N3c2ccc3ccccc3c2)cc1. The number of rotatable bonds is 6. The molecule has 53 heavy (non-hydrogen) atoms. The highest BCUT2D eigenvalue weighted by molar-refractivity contribution is 5.99. The number of fused-ring (bicyclic) bond motifs is 4. The highest BCUT2D eigenvalue weighted by Gasteiger charge is 2.25. The van der Waals surface area contributed by atoms with Crippen LogP contribution >= 0.6 is 0 Å². The van der Waals surface area contributed by atoms with E-state index in [1.165, 1.54) is 72.0 Å². The lowest BCUT2D eigenvalue weighted by atomic mass is 9.90. The van der Waals surface area contributed by atoms with Crippen LogP contribution in [0.5, 0.6) is 0 Å². The van der Waals surface area contributed by atoms with Gasteiger partial charge >= 0.3 is 0 Å². The van der Waals surface area contributed by atoms with Gasteiger partial charge in [0.15, 0.2) is 0 Å². The summed E-state index contributed by atoms with van der Waals surface area (Å²) in [5.74, 6) is 0. The maximum atomic E-state index is 2.45. The Labute approximate surface area is 310 Å². The third kappa shape index (κ3) is 5.62. The zero-order valence-corrected chi connectivity index (χ0v) is 29.2. The molecule has 0 radical (unpaired) electrons. The molecule has 2 nitrogen and oxygen atoms in total. The maximum Gasteiger partial charge on any atom is 0.0540 e. The number of para-hydroxylation sites is 1. The topological polar surface area (TPSA) is 6.48 Å². The van der Waals surface area contributed by atoms with Gasteiger partial charge in [-0.1, -0.05) is 140 Å². The fraction of sp³-hybridized carbons (Fsp3) is 0.0196. The average Bonchev–Trinajstić information content (AvgIpc) is 3.23. The van der Waals surface area contributed by atoms with Gasteiger partial charge in [0, 0.05) is 40.2 Å². The Morgan fingerprint density at radius 2 is 0.906 bits per heavy atom. The summed E-state index contributed by atoms with van der Waals surface area (Å²) < 4.78 is 0. The zero-order chi connectivity index (χ0) is 35.1. The summed E-state index contributed by atoms with van der Waals surface area (Å²) in [5, 5.41) is 4.94. The molecule has 0 amide bonds. The van der Waals surface area contributed by atoms with E-state index >= 15 is 0 Å². The predicted octanol–water partition coefficient (Wildman–Crippen LogP) is 14.2. The van der Waals surface area contributed by atoms with Gasteiger partial charge in [-0.15, -0.1) is 0 Å². The van der Waals surface area contributed by atoms with Gasteiger partial charge < -0.3 is 9.80 Å². The number of hydrogen-bond acceptors (Lipinski definition) is 2. The van der Waals surface area contributed by atoms with Crippen molar-refractivity contribution in [2.24, 2.45) is 0 Å². The van der Waals surface area contributed by atoms with E-state index in [9.17, 15) is 0 Å². The highest BCUT2D eigenvalue weighted by atomic mass is 15.2. The smallest absolute Gasteiger partial charge is 0.0540 e. The summed E-state index contributed by atoms with van der Waals surface area (Å²) in [4.78, 5) is 4.81. The van der Waals surface area contributed by atoms with Crippen LogP contribution < -0.4 is 9.80 Å². The number of nitrogens with zero attached hydrogens (tertiary/aromatic N) is 2. The number of hydrogen-bond donors (Lipinski definition) is 0. The van der Waals surface area contributed by atoms with Crippen molar-refractivity contribution in [1.29, 1.82) is 0 Å². The van der Waals surface area contributed by atoms with Gasteiger partial charge in [0.2, 0.25) is 0 Å². The van der Waals surface area contributed by atoms with Crippen LogP contribution in [-0.2, 0) is 6.42 Å². The number of anilines is 6. The second-order valence-electron chi connectivity index (χ2n) is 13.8. The van der Waals surface area contributed by atoms with Crippen molar-refractivity contribution < 1.29 is 0 Å². The van der Waals surface area contributed by atoms with E-state index in [1.54, 1.807) is 0 Å². The molecule has 10 rings (SSSR count). The van der Waals surface area contributed by atoms with E-state index in [4.69, 9.17) is 0 Å². The predicted molar refractivity (Wildman–Crippen MR) is 224 cm³/mol. The van der Waals surface area contributed by atoms with E-state index < -0.39 is 0 Å². The highest BCUT2D eigenvalue weighted by Crippen LogP contribution is 2.47. The van der Waals surface area contributed by atoms with Gasteiger partial charge in [0.25, 0.3) is 0 Å². The van der Waals surface area contributed by atoms with Crippen molar-refractivity contribution in [3.8, 4) is 22.3 Å². The largest absolute Gasteiger partial charge is 0.310 e. The van der Waals surface area contributed by atoms with Crippen molar-refractivity contribution in [3.63, 3.8) is 0 Å². The van der Waals surface area contributed by atoms with E-state index in [-0.39, 0.29) is 0 Å². The third-order valence-electron chi connectivity index (χ3n) is 10.6. The lowest BCUT2D eigenvalue weighted by molar-refractivity contribution is 1.09.